The number of imidazole rings is 1. The van der Waals surface area contributed by atoms with Crippen molar-refractivity contribution < 1.29 is 13.2 Å². The van der Waals surface area contributed by atoms with Gasteiger partial charge in [0.05, 0.1) is 15.9 Å². The zero-order valence-electron chi connectivity index (χ0n) is 12.2. The Balaban J connectivity index is 2.10. The lowest BCUT2D eigenvalue weighted by Gasteiger charge is -2.09. The number of rotatable bonds is 3. The second-order valence-corrected chi connectivity index (χ2v) is 6.72. The number of hydrogen-bond donors (Lipinski definition) is 2. The maximum absolute atomic E-state index is 12.8. The molecule has 0 spiro atoms. The van der Waals surface area contributed by atoms with Gasteiger partial charge in [0.25, 0.3) is 10.0 Å². The summed E-state index contributed by atoms with van der Waals surface area (Å²) in [7, 11) is -3.88. The van der Waals surface area contributed by atoms with Gasteiger partial charge in [-0.3, -0.25) is 4.79 Å². The first-order chi connectivity index (χ1) is 10.9. The van der Waals surface area contributed by atoms with E-state index in [1.54, 1.807) is 24.3 Å². The maximum atomic E-state index is 12.8. The lowest BCUT2D eigenvalue weighted by atomic mass is 10.3. The van der Waals surface area contributed by atoms with Crippen molar-refractivity contribution in [2.45, 2.75) is 11.8 Å². The van der Waals surface area contributed by atoms with Crippen molar-refractivity contribution in [3.8, 4) is 0 Å². The fourth-order valence-electron chi connectivity index (χ4n) is 2.29. The van der Waals surface area contributed by atoms with E-state index < -0.39 is 10.0 Å². The highest BCUT2D eigenvalue weighted by atomic mass is 32.2. The minimum absolute atomic E-state index is 0.0569. The maximum Gasteiger partial charge on any atom is 0.271 e. The standard InChI is InChI=1S/C15H14N4O3S/c1-10(20)17-11-6-8-12(9-7-11)23(21,22)19-14-5-3-2-4-13(14)18-15(19)16/h2-9H,1H3,(H2,16,18)(H,17,20). The van der Waals surface area contributed by atoms with Crippen molar-refractivity contribution in [3.63, 3.8) is 0 Å². The Labute approximate surface area is 132 Å². The van der Waals surface area contributed by atoms with Gasteiger partial charge < -0.3 is 11.1 Å². The molecule has 3 aromatic rings. The average Bonchev–Trinajstić information content (AvgIpc) is 2.83. The van der Waals surface area contributed by atoms with Gasteiger partial charge in [-0.25, -0.2) is 17.4 Å². The van der Waals surface area contributed by atoms with Crippen LogP contribution in [0.5, 0.6) is 0 Å². The van der Waals surface area contributed by atoms with Crippen molar-refractivity contribution in [2.75, 3.05) is 11.1 Å². The van der Waals surface area contributed by atoms with E-state index in [4.69, 9.17) is 5.73 Å². The molecule has 118 valence electrons. The van der Waals surface area contributed by atoms with E-state index in [-0.39, 0.29) is 16.8 Å². The molecule has 0 radical (unpaired) electrons. The van der Waals surface area contributed by atoms with E-state index in [1.165, 1.54) is 31.2 Å². The van der Waals surface area contributed by atoms with Gasteiger partial charge in [0, 0.05) is 12.6 Å². The average molecular weight is 330 g/mol. The number of para-hydroxylation sites is 2. The van der Waals surface area contributed by atoms with E-state index in [2.05, 4.69) is 10.3 Å². The zero-order valence-corrected chi connectivity index (χ0v) is 13.0. The molecule has 0 saturated heterocycles. The van der Waals surface area contributed by atoms with Crippen LogP contribution in [0, 0.1) is 0 Å². The lowest BCUT2D eigenvalue weighted by Crippen LogP contribution is -2.15. The largest absolute Gasteiger partial charge is 0.368 e. The van der Waals surface area contributed by atoms with Gasteiger partial charge in [0.2, 0.25) is 11.9 Å². The SMILES string of the molecule is CC(=O)Nc1ccc(S(=O)(=O)n2c(N)nc3ccccc32)cc1. The van der Waals surface area contributed by atoms with E-state index in [9.17, 15) is 13.2 Å². The molecule has 0 bridgehead atoms. The molecule has 1 heterocycles. The molecule has 0 saturated carbocycles. The topological polar surface area (TPSA) is 107 Å². The molecule has 0 fully saturated rings. The Hall–Kier alpha value is -2.87. The molecule has 3 N–H and O–H groups in total. The van der Waals surface area contributed by atoms with Gasteiger partial charge in [-0.1, -0.05) is 12.1 Å². The number of carbonyl (C=O) groups excluding carboxylic acids is 1. The van der Waals surface area contributed by atoms with Crippen molar-refractivity contribution >= 4 is 38.6 Å². The molecule has 2 aromatic carbocycles. The van der Waals surface area contributed by atoms with Crippen LogP contribution in [0.4, 0.5) is 11.6 Å². The molecule has 0 aliphatic heterocycles. The van der Waals surface area contributed by atoms with Crippen LogP contribution in [0.1, 0.15) is 6.92 Å². The summed E-state index contributed by atoms with van der Waals surface area (Å²) in [6.07, 6.45) is 0. The van der Waals surface area contributed by atoms with Crippen LogP contribution in [0.25, 0.3) is 11.0 Å². The molecule has 7 nitrogen and oxygen atoms in total. The summed E-state index contributed by atoms with van der Waals surface area (Å²) >= 11 is 0. The Kier molecular flexibility index (Phi) is 3.53. The quantitative estimate of drug-likeness (QED) is 0.761. The highest BCUT2D eigenvalue weighted by Crippen LogP contribution is 2.25. The molecule has 8 heteroatoms. The summed E-state index contributed by atoms with van der Waals surface area (Å²) in [6, 6.07) is 12.7. The number of aromatic nitrogens is 2. The van der Waals surface area contributed by atoms with Crippen molar-refractivity contribution in [1.82, 2.24) is 8.96 Å². The van der Waals surface area contributed by atoms with Crippen LogP contribution >= 0.6 is 0 Å². The number of nitrogens with one attached hydrogen (secondary N) is 1. The van der Waals surface area contributed by atoms with Crippen LogP contribution in [-0.2, 0) is 14.8 Å². The predicted molar refractivity (Wildman–Crippen MR) is 87.5 cm³/mol. The Morgan fingerprint density at radius 1 is 1.13 bits per heavy atom. The predicted octanol–water partition coefficient (Wildman–Crippen LogP) is 1.81. The van der Waals surface area contributed by atoms with Crippen molar-refractivity contribution in [3.05, 3.63) is 48.5 Å². The third kappa shape index (κ3) is 2.64. The minimum Gasteiger partial charge on any atom is -0.368 e. The Morgan fingerprint density at radius 3 is 2.43 bits per heavy atom. The number of carbonyl (C=O) groups is 1. The second kappa shape index (κ2) is 5.40. The normalized spacial score (nSPS) is 11.5. The Bertz CT molecular complexity index is 991. The lowest BCUT2D eigenvalue weighted by molar-refractivity contribution is -0.114. The van der Waals surface area contributed by atoms with Gasteiger partial charge in [-0.05, 0) is 36.4 Å². The first-order valence-electron chi connectivity index (χ1n) is 6.76. The van der Waals surface area contributed by atoms with E-state index >= 15 is 0 Å². The van der Waals surface area contributed by atoms with E-state index in [1.807, 2.05) is 0 Å². The van der Waals surface area contributed by atoms with Gasteiger partial charge in [0.1, 0.15) is 0 Å². The van der Waals surface area contributed by atoms with Crippen LogP contribution < -0.4 is 11.1 Å². The van der Waals surface area contributed by atoms with Gasteiger partial charge in [-0.15, -0.1) is 0 Å². The van der Waals surface area contributed by atoms with Crippen LogP contribution in [0.3, 0.4) is 0 Å². The molecule has 3 rings (SSSR count). The molecule has 0 unspecified atom stereocenters. The number of fused-ring (bicyclic) bond motifs is 1. The number of nitrogens with zero attached hydrogens (tertiary/aromatic N) is 2. The zero-order chi connectivity index (χ0) is 16.6. The van der Waals surface area contributed by atoms with Crippen molar-refractivity contribution in [2.24, 2.45) is 0 Å². The number of amides is 1. The highest BCUT2D eigenvalue weighted by molar-refractivity contribution is 7.90. The smallest absolute Gasteiger partial charge is 0.271 e. The molecular weight excluding hydrogens is 316 g/mol. The number of benzene rings is 2. The first kappa shape index (κ1) is 15.0. The van der Waals surface area contributed by atoms with Gasteiger partial charge in [0.15, 0.2) is 0 Å². The van der Waals surface area contributed by atoms with Gasteiger partial charge >= 0.3 is 0 Å². The van der Waals surface area contributed by atoms with E-state index in [0.29, 0.717) is 16.7 Å². The Morgan fingerprint density at radius 2 is 1.78 bits per heavy atom. The van der Waals surface area contributed by atoms with E-state index in [0.717, 1.165) is 3.97 Å². The second-order valence-electron chi connectivity index (χ2n) is 4.93. The molecule has 0 aliphatic rings. The highest BCUT2D eigenvalue weighted by Gasteiger charge is 2.22. The molecular formula is C15H14N4O3S. The van der Waals surface area contributed by atoms with Gasteiger partial charge in [-0.2, -0.15) is 0 Å². The summed E-state index contributed by atoms with van der Waals surface area (Å²) in [5, 5.41) is 2.58. The number of nitrogen functional groups attached to an aromatic ring is 1. The number of hydrogen-bond acceptors (Lipinski definition) is 5. The summed E-state index contributed by atoms with van der Waals surface area (Å²) in [5.41, 5.74) is 7.22. The summed E-state index contributed by atoms with van der Waals surface area (Å²) in [6.45, 7) is 1.38. The van der Waals surface area contributed by atoms with Crippen molar-refractivity contribution in [1.29, 1.82) is 0 Å². The number of nitrogens with two attached hydrogens (primary N) is 1. The summed E-state index contributed by atoms with van der Waals surface area (Å²) in [5.74, 6) is -0.331. The summed E-state index contributed by atoms with van der Waals surface area (Å²) in [4.78, 5) is 15.1. The first-order valence-corrected chi connectivity index (χ1v) is 8.20. The van der Waals surface area contributed by atoms with Crippen LogP contribution in [-0.4, -0.2) is 23.3 Å². The monoisotopic (exact) mass is 330 g/mol. The molecule has 1 amide bonds. The third-order valence-electron chi connectivity index (χ3n) is 3.26. The summed E-state index contributed by atoms with van der Waals surface area (Å²) < 4.78 is 26.6. The third-order valence-corrected chi connectivity index (χ3v) is 4.99. The minimum atomic E-state index is -3.88. The fourth-order valence-corrected chi connectivity index (χ4v) is 3.69. The molecule has 23 heavy (non-hydrogen) atoms. The fraction of sp³-hybridized carbons (Fsp3) is 0.0667. The van der Waals surface area contributed by atoms with Crippen LogP contribution in [0.15, 0.2) is 53.4 Å². The molecule has 0 atom stereocenters. The number of anilines is 2. The van der Waals surface area contributed by atoms with Crippen LogP contribution in [0.2, 0.25) is 0 Å². The molecule has 0 aliphatic carbocycles. The molecule has 1 aromatic heterocycles.